The quantitative estimate of drug-likeness (QED) is 0.713. The third-order valence-electron chi connectivity index (χ3n) is 2.46. The average Bonchev–Trinajstić information content (AvgIpc) is 2.62. The predicted octanol–water partition coefficient (Wildman–Crippen LogP) is 3.13. The molecule has 2 rings (SSSR count). The summed E-state index contributed by atoms with van der Waals surface area (Å²) >= 11 is 0. The maximum atomic E-state index is 5.59. The van der Waals surface area contributed by atoms with Gasteiger partial charge in [-0.05, 0) is 26.0 Å². The molecule has 80 valence electrons. The van der Waals surface area contributed by atoms with Crippen LogP contribution in [0.25, 0.3) is 11.5 Å². The molecule has 1 aromatic carbocycles. The van der Waals surface area contributed by atoms with E-state index in [1.807, 2.05) is 38.1 Å². The molecule has 0 spiro atoms. The number of terminal acetylenes is 1. The van der Waals surface area contributed by atoms with Crippen LogP contribution in [0.1, 0.15) is 17.0 Å². The fraction of sp³-hybridized carbons (Fsp3) is 0.214. The highest BCUT2D eigenvalue weighted by Crippen LogP contribution is 2.22. The lowest BCUT2D eigenvalue weighted by Gasteiger charge is -1.95. The standard InChI is InChI=1S/C14H13NO/c1-4-5-13-11(3)16-14(15-13)12-8-6-10(2)7-9-12/h1,6-9H,5H2,2-3H3. The Bertz CT molecular complexity index is 529. The van der Waals surface area contributed by atoms with Gasteiger partial charge in [0.2, 0.25) is 5.89 Å². The smallest absolute Gasteiger partial charge is 0.226 e. The molecule has 2 heteroatoms. The molecule has 1 heterocycles. The summed E-state index contributed by atoms with van der Waals surface area (Å²) in [4.78, 5) is 4.39. The van der Waals surface area contributed by atoms with Crippen LogP contribution in [0.4, 0.5) is 0 Å². The minimum absolute atomic E-state index is 0.515. The zero-order valence-electron chi connectivity index (χ0n) is 9.45. The molecule has 0 saturated carbocycles. The Kier molecular flexibility index (Phi) is 2.78. The summed E-state index contributed by atoms with van der Waals surface area (Å²) in [5.74, 6) is 4.02. The van der Waals surface area contributed by atoms with Gasteiger partial charge in [-0.2, -0.15) is 0 Å². The van der Waals surface area contributed by atoms with Crippen LogP contribution in [0.5, 0.6) is 0 Å². The molecular weight excluding hydrogens is 198 g/mol. The number of aromatic nitrogens is 1. The molecule has 16 heavy (non-hydrogen) atoms. The third kappa shape index (κ3) is 1.99. The average molecular weight is 211 g/mol. The van der Waals surface area contributed by atoms with E-state index in [1.54, 1.807) is 0 Å². The van der Waals surface area contributed by atoms with Crippen LogP contribution >= 0.6 is 0 Å². The number of oxazole rings is 1. The number of nitrogens with zero attached hydrogens (tertiary/aromatic N) is 1. The van der Waals surface area contributed by atoms with Crippen molar-refractivity contribution in [1.29, 1.82) is 0 Å². The fourth-order valence-electron chi connectivity index (χ4n) is 1.51. The number of hydrogen-bond acceptors (Lipinski definition) is 2. The van der Waals surface area contributed by atoms with Gasteiger partial charge in [-0.25, -0.2) is 4.98 Å². The monoisotopic (exact) mass is 211 g/mol. The van der Waals surface area contributed by atoms with Crippen molar-refractivity contribution < 1.29 is 4.42 Å². The molecule has 0 atom stereocenters. The second-order valence-electron chi connectivity index (χ2n) is 3.77. The van der Waals surface area contributed by atoms with E-state index < -0.39 is 0 Å². The van der Waals surface area contributed by atoms with Crippen LogP contribution in [-0.2, 0) is 6.42 Å². The van der Waals surface area contributed by atoms with E-state index in [1.165, 1.54) is 5.56 Å². The SMILES string of the molecule is C#CCc1nc(-c2ccc(C)cc2)oc1C. The van der Waals surface area contributed by atoms with E-state index in [2.05, 4.69) is 10.9 Å². The summed E-state index contributed by atoms with van der Waals surface area (Å²) in [6.07, 6.45) is 5.78. The van der Waals surface area contributed by atoms with Crippen LogP contribution in [-0.4, -0.2) is 4.98 Å². The molecule has 0 bridgehead atoms. The van der Waals surface area contributed by atoms with Gasteiger partial charge in [0, 0.05) is 5.56 Å². The van der Waals surface area contributed by atoms with Crippen molar-refractivity contribution in [2.75, 3.05) is 0 Å². The zero-order chi connectivity index (χ0) is 11.5. The highest BCUT2D eigenvalue weighted by Gasteiger charge is 2.09. The number of rotatable bonds is 2. The predicted molar refractivity (Wildman–Crippen MR) is 64.0 cm³/mol. The highest BCUT2D eigenvalue weighted by atomic mass is 16.4. The van der Waals surface area contributed by atoms with Crippen molar-refractivity contribution in [3.8, 4) is 23.8 Å². The first-order chi connectivity index (χ1) is 7.70. The first-order valence-corrected chi connectivity index (χ1v) is 5.17. The summed E-state index contributed by atoms with van der Waals surface area (Å²) in [5, 5.41) is 0. The number of benzene rings is 1. The minimum Gasteiger partial charge on any atom is -0.441 e. The van der Waals surface area contributed by atoms with Gasteiger partial charge in [0.05, 0.1) is 12.1 Å². The lowest BCUT2D eigenvalue weighted by atomic mass is 10.1. The van der Waals surface area contributed by atoms with Crippen LogP contribution < -0.4 is 0 Å². The maximum absolute atomic E-state index is 5.59. The molecule has 0 aliphatic carbocycles. The fourth-order valence-corrected chi connectivity index (χ4v) is 1.51. The molecule has 0 aliphatic heterocycles. The van der Waals surface area contributed by atoms with Gasteiger partial charge in [-0.3, -0.25) is 0 Å². The summed E-state index contributed by atoms with van der Waals surface area (Å²) < 4.78 is 5.59. The Morgan fingerprint density at radius 3 is 2.56 bits per heavy atom. The Labute approximate surface area is 95.3 Å². The van der Waals surface area contributed by atoms with Crippen molar-refractivity contribution in [3.05, 3.63) is 41.3 Å². The molecule has 2 nitrogen and oxygen atoms in total. The van der Waals surface area contributed by atoms with Gasteiger partial charge in [0.1, 0.15) is 5.76 Å². The van der Waals surface area contributed by atoms with Crippen molar-refractivity contribution >= 4 is 0 Å². The Morgan fingerprint density at radius 2 is 1.94 bits per heavy atom. The molecule has 0 N–H and O–H groups in total. The molecule has 0 amide bonds. The molecule has 1 aromatic heterocycles. The Hall–Kier alpha value is -2.01. The minimum atomic E-state index is 0.515. The second-order valence-corrected chi connectivity index (χ2v) is 3.77. The molecule has 0 saturated heterocycles. The molecule has 0 unspecified atom stereocenters. The summed E-state index contributed by atoms with van der Waals surface area (Å²) in [7, 11) is 0. The second kappa shape index (κ2) is 4.24. The molecule has 0 fully saturated rings. The lowest BCUT2D eigenvalue weighted by molar-refractivity contribution is 0.540. The molecule has 2 aromatic rings. The van der Waals surface area contributed by atoms with Gasteiger partial charge in [0.15, 0.2) is 0 Å². The zero-order valence-corrected chi connectivity index (χ0v) is 9.45. The van der Waals surface area contributed by atoms with Gasteiger partial charge < -0.3 is 4.42 Å². The molecule has 0 aliphatic rings. The molecule has 0 radical (unpaired) electrons. The Balaban J connectivity index is 2.38. The third-order valence-corrected chi connectivity index (χ3v) is 2.46. The highest BCUT2D eigenvalue weighted by molar-refractivity contribution is 5.54. The van der Waals surface area contributed by atoms with E-state index in [0.717, 1.165) is 17.0 Å². The number of hydrogen-bond donors (Lipinski definition) is 0. The van der Waals surface area contributed by atoms with Gasteiger partial charge >= 0.3 is 0 Å². The van der Waals surface area contributed by atoms with E-state index >= 15 is 0 Å². The van der Waals surface area contributed by atoms with Gasteiger partial charge in [0.25, 0.3) is 0 Å². The van der Waals surface area contributed by atoms with E-state index in [-0.39, 0.29) is 0 Å². The van der Waals surface area contributed by atoms with Crippen molar-refractivity contribution in [2.24, 2.45) is 0 Å². The van der Waals surface area contributed by atoms with E-state index in [9.17, 15) is 0 Å². The van der Waals surface area contributed by atoms with Crippen molar-refractivity contribution in [1.82, 2.24) is 4.98 Å². The summed E-state index contributed by atoms with van der Waals surface area (Å²) in [6.45, 7) is 3.94. The first kappa shape index (κ1) is 10.5. The van der Waals surface area contributed by atoms with Crippen LogP contribution in [0.15, 0.2) is 28.7 Å². The van der Waals surface area contributed by atoms with Crippen LogP contribution in [0, 0.1) is 26.2 Å². The lowest BCUT2D eigenvalue weighted by Crippen LogP contribution is -1.84. The van der Waals surface area contributed by atoms with Gasteiger partial charge in [-0.15, -0.1) is 12.3 Å². The van der Waals surface area contributed by atoms with Crippen LogP contribution in [0.3, 0.4) is 0 Å². The summed E-state index contributed by atoms with van der Waals surface area (Å²) in [5.41, 5.74) is 3.05. The topological polar surface area (TPSA) is 26.0 Å². The molecular formula is C14H13NO. The maximum Gasteiger partial charge on any atom is 0.226 e. The first-order valence-electron chi connectivity index (χ1n) is 5.17. The largest absolute Gasteiger partial charge is 0.441 e. The Morgan fingerprint density at radius 1 is 1.25 bits per heavy atom. The van der Waals surface area contributed by atoms with Gasteiger partial charge in [-0.1, -0.05) is 17.7 Å². The summed E-state index contributed by atoms with van der Waals surface area (Å²) in [6, 6.07) is 8.08. The van der Waals surface area contributed by atoms with E-state index in [0.29, 0.717) is 12.3 Å². The van der Waals surface area contributed by atoms with E-state index in [4.69, 9.17) is 10.8 Å². The van der Waals surface area contributed by atoms with Crippen LogP contribution in [0.2, 0.25) is 0 Å². The van der Waals surface area contributed by atoms with Crippen molar-refractivity contribution in [2.45, 2.75) is 20.3 Å². The number of aryl methyl sites for hydroxylation is 2. The van der Waals surface area contributed by atoms with Crippen molar-refractivity contribution in [3.63, 3.8) is 0 Å². The normalized spacial score (nSPS) is 10.1.